The first-order valence-corrected chi connectivity index (χ1v) is 10.0. The number of aliphatic carboxylic acids is 2. The Balaban J connectivity index is 5.43. The van der Waals surface area contributed by atoms with E-state index in [-0.39, 0.29) is 18.8 Å². The SMILES string of the molecule is CC(C)CC(NC(=O)C(NC(=O)C(CCC(=O)O)NC(=O)C(N)CO)C(C)C)C(=O)O. The number of hydrogen-bond acceptors (Lipinski definition) is 7. The molecule has 0 aliphatic heterocycles. The number of carbonyl (C=O) groups is 5. The summed E-state index contributed by atoms with van der Waals surface area (Å²) in [5.74, 6) is -5.25. The van der Waals surface area contributed by atoms with Gasteiger partial charge < -0.3 is 37.0 Å². The fourth-order valence-electron chi connectivity index (χ4n) is 2.64. The Kier molecular flexibility index (Phi) is 12.4. The van der Waals surface area contributed by atoms with Crippen LogP contribution in [0.1, 0.15) is 47.0 Å². The van der Waals surface area contributed by atoms with Crippen molar-refractivity contribution in [3.63, 3.8) is 0 Å². The maximum Gasteiger partial charge on any atom is 0.326 e. The molecule has 0 aliphatic rings. The third-order valence-corrected chi connectivity index (χ3v) is 4.38. The second-order valence-electron chi connectivity index (χ2n) is 8.04. The molecule has 3 amide bonds. The number of amides is 3. The van der Waals surface area contributed by atoms with Gasteiger partial charge in [-0.25, -0.2) is 4.79 Å². The number of carboxylic acids is 2. The van der Waals surface area contributed by atoms with E-state index in [2.05, 4.69) is 16.0 Å². The van der Waals surface area contributed by atoms with E-state index in [0.29, 0.717) is 0 Å². The maximum absolute atomic E-state index is 12.7. The van der Waals surface area contributed by atoms with E-state index in [0.717, 1.165) is 0 Å². The molecule has 4 unspecified atom stereocenters. The largest absolute Gasteiger partial charge is 0.481 e. The summed E-state index contributed by atoms with van der Waals surface area (Å²) in [5.41, 5.74) is 5.41. The molecule has 0 radical (unpaired) electrons. The fraction of sp³-hybridized carbons (Fsp3) is 0.737. The van der Waals surface area contributed by atoms with Gasteiger partial charge in [0.25, 0.3) is 0 Å². The van der Waals surface area contributed by atoms with Crippen LogP contribution in [-0.4, -0.2) is 75.8 Å². The molecule has 12 heteroatoms. The number of carboxylic acid groups (broad SMARTS) is 2. The van der Waals surface area contributed by atoms with Crippen molar-refractivity contribution in [1.29, 1.82) is 0 Å². The molecule has 8 N–H and O–H groups in total. The van der Waals surface area contributed by atoms with Crippen molar-refractivity contribution in [2.45, 2.75) is 71.1 Å². The number of hydrogen-bond donors (Lipinski definition) is 7. The Labute approximate surface area is 180 Å². The third-order valence-electron chi connectivity index (χ3n) is 4.38. The molecule has 0 aromatic rings. The Hall–Kier alpha value is -2.73. The van der Waals surface area contributed by atoms with Crippen LogP contribution in [0.4, 0.5) is 0 Å². The molecule has 0 bridgehead atoms. The molecule has 178 valence electrons. The topological polar surface area (TPSA) is 208 Å². The Bertz CT molecular complexity index is 653. The van der Waals surface area contributed by atoms with Crippen molar-refractivity contribution in [3.05, 3.63) is 0 Å². The highest BCUT2D eigenvalue weighted by Gasteiger charge is 2.32. The van der Waals surface area contributed by atoms with Crippen LogP contribution in [0.15, 0.2) is 0 Å². The van der Waals surface area contributed by atoms with Gasteiger partial charge in [0.2, 0.25) is 17.7 Å². The number of nitrogens with one attached hydrogen (secondary N) is 3. The number of carbonyl (C=O) groups excluding carboxylic acids is 3. The van der Waals surface area contributed by atoms with E-state index in [4.69, 9.17) is 15.9 Å². The van der Waals surface area contributed by atoms with Crippen LogP contribution in [0.3, 0.4) is 0 Å². The summed E-state index contributed by atoms with van der Waals surface area (Å²) in [6.07, 6.45) is -0.528. The monoisotopic (exact) mass is 446 g/mol. The summed E-state index contributed by atoms with van der Waals surface area (Å²) in [4.78, 5) is 59.6. The molecule has 0 saturated heterocycles. The van der Waals surface area contributed by atoms with E-state index in [1.54, 1.807) is 27.7 Å². The zero-order valence-corrected chi connectivity index (χ0v) is 18.3. The fourth-order valence-corrected chi connectivity index (χ4v) is 2.64. The summed E-state index contributed by atoms with van der Waals surface area (Å²) < 4.78 is 0. The van der Waals surface area contributed by atoms with Gasteiger partial charge in [0.15, 0.2) is 0 Å². The first-order chi connectivity index (χ1) is 14.3. The molecule has 0 fully saturated rings. The number of nitrogens with two attached hydrogens (primary N) is 1. The lowest BCUT2D eigenvalue weighted by Gasteiger charge is -2.27. The van der Waals surface area contributed by atoms with Gasteiger partial charge in [-0.1, -0.05) is 27.7 Å². The second kappa shape index (κ2) is 13.5. The van der Waals surface area contributed by atoms with Gasteiger partial charge >= 0.3 is 11.9 Å². The molecular formula is C19H34N4O8. The van der Waals surface area contributed by atoms with Crippen LogP contribution in [-0.2, 0) is 24.0 Å². The van der Waals surface area contributed by atoms with Gasteiger partial charge in [-0.15, -0.1) is 0 Å². The normalized spacial score (nSPS) is 15.0. The van der Waals surface area contributed by atoms with Crippen molar-refractivity contribution in [2.75, 3.05) is 6.61 Å². The zero-order chi connectivity index (χ0) is 24.3. The van der Waals surface area contributed by atoms with Gasteiger partial charge in [0.1, 0.15) is 24.2 Å². The molecule has 0 saturated carbocycles. The Morgan fingerprint density at radius 3 is 1.81 bits per heavy atom. The minimum Gasteiger partial charge on any atom is -0.481 e. The average Bonchev–Trinajstić information content (AvgIpc) is 2.66. The summed E-state index contributed by atoms with van der Waals surface area (Å²) in [6.45, 7) is 6.19. The summed E-state index contributed by atoms with van der Waals surface area (Å²) in [6, 6.07) is -4.90. The number of aliphatic hydroxyl groups is 1. The molecule has 31 heavy (non-hydrogen) atoms. The summed E-state index contributed by atoms with van der Waals surface area (Å²) >= 11 is 0. The van der Waals surface area contributed by atoms with Crippen LogP contribution in [0.2, 0.25) is 0 Å². The molecule has 12 nitrogen and oxygen atoms in total. The molecule has 0 aromatic heterocycles. The van der Waals surface area contributed by atoms with Crippen molar-refractivity contribution < 1.29 is 39.3 Å². The van der Waals surface area contributed by atoms with E-state index in [9.17, 15) is 29.1 Å². The highest BCUT2D eigenvalue weighted by atomic mass is 16.4. The molecule has 0 aromatic carbocycles. The van der Waals surface area contributed by atoms with E-state index < -0.39 is 72.8 Å². The van der Waals surface area contributed by atoms with Gasteiger partial charge in [-0.3, -0.25) is 19.2 Å². The molecule has 0 rings (SSSR count). The first kappa shape index (κ1) is 28.3. The lowest BCUT2D eigenvalue weighted by molar-refractivity contribution is -0.143. The highest BCUT2D eigenvalue weighted by Crippen LogP contribution is 2.09. The minimum absolute atomic E-state index is 0.000152. The predicted molar refractivity (Wildman–Crippen MR) is 110 cm³/mol. The van der Waals surface area contributed by atoms with Crippen molar-refractivity contribution >= 4 is 29.7 Å². The molecule has 0 spiro atoms. The standard InChI is InChI=1S/C19H34N4O8/c1-9(2)7-13(19(30)31)22-18(29)15(10(3)4)23-17(28)12(5-6-14(25)26)21-16(27)11(20)8-24/h9-13,15,24H,5-8,20H2,1-4H3,(H,21,27)(H,22,29)(H,23,28)(H,25,26)(H,30,31). The second-order valence-corrected chi connectivity index (χ2v) is 8.04. The minimum atomic E-state index is -1.32. The molecule has 4 atom stereocenters. The maximum atomic E-state index is 12.7. The lowest BCUT2D eigenvalue weighted by atomic mass is 9.99. The summed E-state index contributed by atoms with van der Waals surface area (Å²) in [7, 11) is 0. The quantitative estimate of drug-likeness (QED) is 0.164. The number of aliphatic hydroxyl groups excluding tert-OH is 1. The first-order valence-electron chi connectivity index (χ1n) is 10.0. The van der Waals surface area contributed by atoms with Crippen molar-refractivity contribution in [2.24, 2.45) is 17.6 Å². The van der Waals surface area contributed by atoms with Crippen LogP contribution in [0.25, 0.3) is 0 Å². The smallest absolute Gasteiger partial charge is 0.326 e. The van der Waals surface area contributed by atoms with Crippen molar-refractivity contribution in [1.82, 2.24) is 16.0 Å². The zero-order valence-electron chi connectivity index (χ0n) is 18.3. The summed E-state index contributed by atoms with van der Waals surface area (Å²) in [5, 5.41) is 34.3. The highest BCUT2D eigenvalue weighted by molar-refractivity contribution is 5.94. The Morgan fingerprint density at radius 1 is 0.839 bits per heavy atom. The van der Waals surface area contributed by atoms with Gasteiger partial charge in [0.05, 0.1) is 6.61 Å². The molecule has 0 aliphatic carbocycles. The van der Waals surface area contributed by atoms with Crippen LogP contribution >= 0.6 is 0 Å². The predicted octanol–water partition coefficient (Wildman–Crippen LogP) is -1.59. The van der Waals surface area contributed by atoms with Gasteiger partial charge in [-0.2, -0.15) is 0 Å². The molecule has 0 heterocycles. The van der Waals surface area contributed by atoms with Gasteiger partial charge in [-0.05, 0) is 24.7 Å². The Morgan fingerprint density at radius 2 is 1.39 bits per heavy atom. The number of rotatable bonds is 14. The van der Waals surface area contributed by atoms with Crippen LogP contribution in [0, 0.1) is 11.8 Å². The third kappa shape index (κ3) is 10.7. The van der Waals surface area contributed by atoms with E-state index >= 15 is 0 Å². The van der Waals surface area contributed by atoms with Crippen LogP contribution in [0.5, 0.6) is 0 Å². The van der Waals surface area contributed by atoms with Crippen molar-refractivity contribution in [3.8, 4) is 0 Å². The van der Waals surface area contributed by atoms with E-state index in [1.807, 2.05) is 0 Å². The van der Waals surface area contributed by atoms with Crippen LogP contribution < -0.4 is 21.7 Å². The average molecular weight is 447 g/mol. The van der Waals surface area contributed by atoms with Gasteiger partial charge in [0, 0.05) is 6.42 Å². The lowest BCUT2D eigenvalue weighted by Crippen LogP contribution is -2.58. The molecular weight excluding hydrogens is 412 g/mol. The van der Waals surface area contributed by atoms with E-state index in [1.165, 1.54) is 0 Å².